The predicted octanol–water partition coefficient (Wildman–Crippen LogP) is 4.87. The average Bonchev–Trinajstić information content (AvgIpc) is 2.63. The Morgan fingerprint density at radius 1 is 0.545 bits per heavy atom. The van der Waals surface area contributed by atoms with E-state index >= 15 is 0 Å². The van der Waals surface area contributed by atoms with Gasteiger partial charge in [-0.25, -0.2) is 0 Å². The van der Waals surface area contributed by atoms with Crippen molar-refractivity contribution in [2.24, 2.45) is 0 Å². The quantitative estimate of drug-likeness (QED) is 0.467. The van der Waals surface area contributed by atoms with Gasteiger partial charge in [0.1, 0.15) is 0 Å². The van der Waals surface area contributed by atoms with Gasteiger partial charge in [-0.1, -0.05) is 0 Å². The second kappa shape index (κ2) is 6.05. The zero-order valence-electron chi connectivity index (χ0n) is 12.1. The van der Waals surface area contributed by atoms with E-state index in [4.69, 9.17) is 22.8 Å². The number of hydrogen-bond donors (Lipinski definition) is 0. The molecule has 0 radical (unpaired) electrons. The fourth-order valence-electron chi connectivity index (χ4n) is 2.87. The van der Waals surface area contributed by atoms with Gasteiger partial charge < -0.3 is 0 Å². The van der Waals surface area contributed by atoms with Crippen LogP contribution < -0.4 is 15.9 Å². The fraction of sp³-hybridized carbons (Fsp3) is 0.0526. The maximum absolute atomic E-state index is 7.56. The summed E-state index contributed by atoms with van der Waals surface area (Å²) in [7, 11) is 0. The maximum atomic E-state index is 7.56. The van der Waals surface area contributed by atoms with Gasteiger partial charge in [0, 0.05) is 0 Å². The van der Waals surface area contributed by atoms with Crippen LogP contribution in [0.5, 0.6) is 0 Å². The first-order valence-corrected chi connectivity index (χ1v) is 11.0. The van der Waals surface area contributed by atoms with Crippen molar-refractivity contribution in [3.63, 3.8) is 0 Å². The standard InChI is InChI=1S/C19H17Cl2P/c20-16-22(21,17-10-4-1-5-11-17,18-12-6-2-7-13-18)19-14-8-3-9-15-19/h1-15H,16H2. The number of hydrogen-bond acceptors (Lipinski definition) is 0. The van der Waals surface area contributed by atoms with Crippen molar-refractivity contribution in [2.75, 3.05) is 5.62 Å². The molecule has 0 saturated heterocycles. The summed E-state index contributed by atoms with van der Waals surface area (Å²) in [5.41, 5.74) is 0.366. The van der Waals surface area contributed by atoms with Crippen LogP contribution in [-0.4, -0.2) is 5.62 Å². The summed E-state index contributed by atoms with van der Waals surface area (Å²) in [6.45, 7) is 0. The Labute approximate surface area is 141 Å². The van der Waals surface area contributed by atoms with Gasteiger partial charge in [-0.05, 0) is 0 Å². The number of halogens is 2. The van der Waals surface area contributed by atoms with Crippen molar-refractivity contribution in [1.82, 2.24) is 0 Å². The van der Waals surface area contributed by atoms with Crippen molar-refractivity contribution >= 4 is 44.7 Å². The average molecular weight is 347 g/mol. The first-order chi connectivity index (χ1) is 10.7. The molecule has 0 aromatic heterocycles. The summed E-state index contributed by atoms with van der Waals surface area (Å²) in [6, 6.07) is 30.7. The van der Waals surface area contributed by atoms with Crippen molar-refractivity contribution < 1.29 is 0 Å². The Kier molecular flexibility index (Phi) is 4.28. The molecule has 3 aromatic rings. The van der Waals surface area contributed by atoms with Crippen LogP contribution in [0.1, 0.15) is 0 Å². The molecule has 0 saturated carbocycles. The van der Waals surface area contributed by atoms with Gasteiger partial charge in [-0.15, -0.1) is 0 Å². The van der Waals surface area contributed by atoms with E-state index in [9.17, 15) is 0 Å². The van der Waals surface area contributed by atoms with E-state index in [-0.39, 0.29) is 0 Å². The third-order valence-electron chi connectivity index (χ3n) is 4.11. The van der Waals surface area contributed by atoms with E-state index in [2.05, 4.69) is 36.4 Å². The van der Waals surface area contributed by atoms with Gasteiger partial charge in [0.25, 0.3) is 0 Å². The summed E-state index contributed by atoms with van der Waals surface area (Å²) in [4.78, 5) is 0. The topological polar surface area (TPSA) is 0 Å². The first-order valence-electron chi connectivity index (χ1n) is 7.16. The molecular formula is C19H17Cl2P. The molecule has 0 bridgehead atoms. The first kappa shape index (κ1) is 15.6. The van der Waals surface area contributed by atoms with Gasteiger partial charge in [0.05, 0.1) is 0 Å². The summed E-state index contributed by atoms with van der Waals surface area (Å²) in [5, 5.41) is 3.30. The monoisotopic (exact) mass is 346 g/mol. The van der Waals surface area contributed by atoms with Gasteiger partial charge in [-0.3, -0.25) is 0 Å². The zero-order chi connectivity index (χ0) is 15.5. The molecule has 0 aliphatic rings. The molecule has 22 heavy (non-hydrogen) atoms. The van der Waals surface area contributed by atoms with Gasteiger partial charge in [-0.2, -0.15) is 0 Å². The summed E-state index contributed by atoms with van der Waals surface area (Å²) in [6.07, 6.45) is 0. The molecule has 0 unspecified atom stereocenters. The number of rotatable bonds is 4. The van der Waals surface area contributed by atoms with Crippen LogP contribution in [-0.2, 0) is 0 Å². The molecule has 0 spiro atoms. The minimum absolute atomic E-state index is 0.366. The Bertz CT molecular complexity index is 643. The Morgan fingerprint density at radius 3 is 1.05 bits per heavy atom. The van der Waals surface area contributed by atoms with Crippen molar-refractivity contribution in [3.05, 3.63) is 91.0 Å². The Balaban J connectivity index is 2.41. The Morgan fingerprint density at radius 2 is 0.818 bits per heavy atom. The normalized spacial score (nSPS) is 13.3. The molecule has 0 N–H and O–H groups in total. The van der Waals surface area contributed by atoms with Crippen molar-refractivity contribution in [2.45, 2.75) is 0 Å². The molecule has 0 nitrogen and oxygen atoms in total. The van der Waals surface area contributed by atoms with Crippen LogP contribution in [0.15, 0.2) is 91.0 Å². The Hall–Kier alpha value is -1.33. The van der Waals surface area contributed by atoms with Crippen molar-refractivity contribution in [1.29, 1.82) is 0 Å². The SMILES string of the molecule is ClCP(Cl)(c1ccccc1)(c1ccccc1)c1ccccc1. The third kappa shape index (κ3) is 2.27. The summed E-state index contributed by atoms with van der Waals surface area (Å²) >= 11 is 14.2. The van der Waals surface area contributed by atoms with Gasteiger partial charge in [0.15, 0.2) is 0 Å². The van der Waals surface area contributed by atoms with Crippen LogP contribution in [0.2, 0.25) is 0 Å². The van der Waals surface area contributed by atoms with E-state index in [1.165, 1.54) is 0 Å². The predicted molar refractivity (Wildman–Crippen MR) is 102 cm³/mol. The van der Waals surface area contributed by atoms with E-state index in [1.807, 2.05) is 54.6 Å². The molecule has 0 aliphatic carbocycles. The van der Waals surface area contributed by atoms with Gasteiger partial charge in [0.2, 0.25) is 0 Å². The zero-order valence-corrected chi connectivity index (χ0v) is 14.5. The molecule has 0 amide bonds. The van der Waals surface area contributed by atoms with E-state index in [0.717, 1.165) is 15.9 Å². The molecule has 3 rings (SSSR count). The van der Waals surface area contributed by atoms with Crippen LogP contribution in [0.25, 0.3) is 0 Å². The van der Waals surface area contributed by atoms with Gasteiger partial charge >= 0.3 is 141 Å². The molecule has 0 aliphatic heterocycles. The summed E-state index contributed by atoms with van der Waals surface area (Å²) in [5.74, 6) is -3.16. The van der Waals surface area contributed by atoms with Crippen LogP contribution in [0.3, 0.4) is 0 Å². The molecule has 0 heterocycles. The molecule has 112 valence electrons. The second-order valence-electron chi connectivity index (χ2n) is 5.31. The number of benzene rings is 3. The summed E-state index contributed by atoms with van der Waals surface area (Å²) < 4.78 is 0. The third-order valence-corrected chi connectivity index (χ3v) is 12.6. The second-order valence-corrected chi connectivity index (χ2v) is 12.4. The van der Waals surface area contributed by atoms with Crippen molar-refractivity contribution in [3.8, 4) is 0 Å². The minimum atomic E-state index is -3.16. The van der Waals surface area contributed by atoms with Crippen LogP contribution >= 0.6 is 28.8 Å². The molecule has 3 heteroatoms. The molecular weight excluding hydrogens is 330 g/mol. The van der Waals surface area contributed by atoms with E-state index < -0.39 is 5.96 Å². The van der Waals surface area contributed by atoms with E-state index in [1.54, 1.807) is 0 Å². The molecule has 0 atom stereocenters. The van der Waals surface area contributed by atoms with E-state index in [0.29, 0.717) is 5.62 Å². The molecule has 3 aromatic carbocycles. The number of alkyl halides is 1. The fourth-order valence-corrected chi connectivity index (χ4v) is 8.82. The van der Waals surface area contributed by atoms with Crippen LogP contribution in [0.4, 0.5) is 0 Å². The van der Waals surface area contributed by atoms with Crippen LogP contribution in [0, 0.1) is 0 Å². The molecule has 0 fully saturated rings.